The van der Waals surface area contributed by atoms with Gasteiger partial charge in [-0.3, -0.25) is 9.78 Å². The summed E-state index contributed by atoms with van der Waals surface area (Å²) in [5.74, 6) is 0. The monoisotopic (exact) mass is 314 g/mol. The van der Waals surface area contributed by atoms with Crippen molar-refractivity contribution in [3.8, 4) is 22.4 Å². The van der Waals surface area contributed by atoms with Crippen LogP contribution in [0.5, 0.6) is 0 Å². The van der Waals surface area contributed by atoms with Crippen molar-refractivity contribution in [2.24, 2.45) is 0 Å². The summed E-state index contributed by atoms with van der Waals surface area (Å²) in [6.45, 7) is 1.93. The highest BCUT2D eigenvalue weighted by Gasteiger charge is 2.17. The maximum Gasteiger partial charge on any atom is 0.163 e. The Morgan fingerprint density at radius 2 is 1.92 bits per heavy atom. The molecule has 0 unspecified atom stereocenters. The van der Waals surface area contributed by atoms with Crippen LogP contribution >= 0.6 is 0 Å². The molecule has 3 heterocycles. The molecule has 0 aliphatic heterocycles. The minimum Gasteiger partial charge on any atom is -0.298 e. The van der Waals surface area contributed by atoms with Crippen molar-refractivity contribution in [3.63, 3.8) is 0 Å². The zero-order valence-corrected chi connectivity index (χ0v) is 13.0. The van der Waals surface area contributed by atoms with E-state index in [4.69, 9.17) is 0 Å². The molecule has 0 amide bonds. The fourth-order valence-electron chi connectivity index (χ4n) is 2.93. The minimum absolute atomic E-state index is 0.629. The topological polar surface area (TPSA) is 60.1 Å². The van der Waals surface area contributed by atoms with E-state index in [1.165, 1.54) is 0 Å². The summed E-state index contributed by atoms with van der Waals surface area (Å²) in [4.78, 5) is 20.1. The predicted octanol–water partition coefficient (Wildman–Crippen LogP) is 3.58. The summed E-state index contributed by atoms with van der Waals surface area (Å²) in [5, 5.41) is 4.65. The van der Waals surface area contributed by atoms with E-state index in [0.29, 0.717) is 5.56 Å². The zero-order chi connectivity index (χ0) is 16.5. The van der Waals surface area contributed by atoms with Gasteiger partial charge >= 0.3 is 0 Å². The lowest BCUT2D eigenvalue weighted by Gasteiger charge is -2.06. The van der Waals surface area contributed by atoms with Crippen molar-refractivity contribution in [1.29, 1.82) is 0 Å². The second-order valence-electron chi connectivity index (χ2n) is 5.47. The lowest BCUT2D eigenvalue weighted by molar-refractivity contribution is 0.112. The van der Waals surface area contributed by atoms with Gasteiger partial charge in [0.1, 0.15) is 0 Å². The van der Waals surface area contributed by atoms with Gasteiger partial charge in [0, 0.05) is 29.7 Å². The summed E-state index contributed by atoms with van der Waals surface area (Å²) in [6, 6.07) is 13.3. The highest BCUT2D eigenvalue weighted by Crippen LogP contribution is 2.31. The molecule has 4 rings (SSSR count). The van der Waals surface area contributed by atoms with Gasteiger partial charge in [-0.05, 0) is 30.7 Å². The first kappa shape index (κ1) is 14.3. The van der Waals surface area contributed by atoms with Crippen LogP contribution in [0.15, 0.2) is 61.1 Å². The fourth-order valence-corrected chi connectivity index (χ4v) is 2.93. The number of pyridine rings is 1. The maximum absolute atomic E-state index is 11.4. The fraction of sp³-hybridized carbons (Fsp3) is 0.0526. The molecule has 0 bridgehead atoms. The second kappa shape index (κ2) is 5.70. The lowest BCUT2D eigenvalue weighted by Crippen LogP contribution is -1.96. The van der Waals surface area contributed by atoms with Crippen LogP contribution in [0.3, 0.4) is 0 Å². The predicted molar refractivity (Wildman–Crippen MR) is 91.8 cm³/mol. The van der Waals surface area contributed by atoms with Crippen LogP contribution in [0.1, 0.15) is 16.1 Å². The Hall–Kier alpha value is -3.34. The van der Waals surface area contributed by atoms with Gasteiger partial charge in [0.25, 0.3) is 0 Å². The third kappa shape index (κ3) is 2.18. The summed E-state index contributed by atoms with van der Waals surface area (Å²) < 4.78 is 1.81. The van der Waals surface area contributed by atoms with Crippen LogP contribution in [0, 0.1) is 6.92 Å². The molecule has 5 nitrogen and oxygen atoms in total. The second-order valence-corrected chi connectivity index (χ2v) is 5.47. The normalized spacial score (nSPS) is 10.9. The number of fused-ring (bicyclic) bond motifs is 1. The van der Waals surface area contributed by atoms with Crippen LogP contribution in [0.2, 0.25) is 0 Å². The molecule has 5 heteroatoms. The van der Waals surface area contributed by atoms with E-state index in [-0.39, 0.29) is 0 Å². The highest BCUT2D eigenvalue weighted by atomic mass is 16.1. The van der Waals surface area contributed by atoms with Crippen LogP contribution in [0.4, 0.5) is 0 Å². The molecule has 0 saturated heterocycles. The number of benzene rings is 1. The molecule has 0 fully saturated rings. The smallest absolute Gasteiger partial charge is 0.163 e. The summed E-state index contributed by atoms with van der Waals surface area (Å²) in [6.07, 6.45) is 6.15. The Balaban J connectivity index is 2.03. The van der Waals surface area contributed by atoms with Gasteiger partial charge in [0.15, 0.2) is 11.9 Å². The summed E-state index contributed by atoms with van der Waals surface area (Å²) >= 11 is 0. The van der Waals surface area contributed by atoms with Crippen LogP contribution < -0.4 is 0 Å². The van der Waals surface area contributed by atoms with Crippen LogP contribution in [0.25, 0.3) is 28.0 Å². The van der Waals surface area contributed by atoms with Crippen molar-refractivity contribution in [1.82, 2.24) is 19.6 Å². The number of carbonyl (C=O) groups is 1. The number of rotatable bonds is 3. The molecule has 0 atom stereocenters. The van der Waals surface area contributed by atoms with Crippen LogP contribution in [-0.2, 0) is 0 Å². The molecule has 3 aromatic heterocycles. The Morgan fingerprint density at radius 1 is 1.04 bits per heavy atom. The minimum atomic E-state index is 0.629. The van der Waals surface area contributed by atoms with E-state index in [0.717, 1.165) is 40.0 Å². The average molecular weight is 314 g/mol. The Bertz CT molecular complexity index is 1040. The molecular formula is C19H14N4O. The van der Waals surface area contributed by atoms with Crippen LogP contribution in [-0.4, -0.2) is 25.9 Å². The first-order chi connectivity index (χ1) is 11.8. The van der Waals surface area contributed by atoms with Crippen molar-refractivity contribution in [3.05, 3.63) is 72.3 Å². The van der Waals surface area contributed by atoms with E-state index < -0.39 is 0 Å². The molecule has 1 aromatic carbocycles. The van der Waals surface area contributed by atoms with E-state index in [2.05, 4.69) is 15.1 Å². The lowest BCUT2D eigenvalue weighted by atomic mass is 10.0. The van der Waals surface area contributed by atoms with Gasteiger partial charge in [-0.2, -0.15) is 5.10 Å². The standard InChI is InChI=1S/C19H14N4O/c1-13-18(16-7-3-2-5-15(16)12-24)19-21-10-8-17(23(19)22-13)14-6-4-9-20-11-14/h2-12H,1H3. The number of aromatic nitrogens is 4. The van der Waals surface area contributed by atoms with Crippen molar-refractivity contribution in [2.75, 3.05) is 0 Å². The quantitative estimate of drug-likeness (QED) is 0.542. The van der Waals surface area contributed by atoms with Gasteiger partial charge in [-0.1, -0.05) is 24.3 Å². The third-order valence-corrected chi connectivity index (χ3v) is 4.01. The number of nitrogens with zero attached hydrogens (tertiary/aromatic N) is 4. The molecule has 0 radical (unpaired) electrons. The number of hydrogen-bond donors (Lipinski definition) is 0. The van der Waals surface area contributed by atoms with Gasteiger partial charge in [-0.25, -0.2) is 9.50 Å². The van der Waals surface area contributed by atoms with Gasteiger partial charge in [-0.15, -0.1) is 0 Å². The molecule has 0 spiro atoms. The molecule has 0 aliphatic carbocycles. The van der Waals surface area contributed by atoms with Crippen molar-refractivity contribution in [2.45, 2.75) is 6.92 Å². The Labute approximate surface area is 138 Å². The van der Waals surface area contributed by atoms with E-state index >= 15 is 0 Å². The first-order valence-electron chi connectivity index (χ1n) is 7.59. The average Bonchev–Trinajstić information content (AvgIpc) is 2.98. The zero-order valence-electron chi connectivity index (χ0n) is 13.0. The molecule has 0 N–H and O–H groups in total. The summed E-state index contributed by atoms with van der Waals surface area (Å²) in [7, 11) is 0. The van der Waals surface area contributed by atoms with E-state index in [1.54, 1.807) is 24.7 Å². The number of aryl methyl sites for hydroxylation is 1. The molecule has 4 aromatic rings. The molecular weight excluding hydrogens is 300 g/mol. The van der Waals surface area contributed by atoms with Crippen molar-refractivity contribution < 1.29 is 4.79 Å². The van der Waals surface area contributed by atoms with Gasteiger partial charge < -0.3 is 0 Å². The first-order valence-corrected chi connectivity index (χ1v) is 7.59. The molecule has 24 heavy (non-hydrogen) atoms. The number of hydrogen-bond acceptors (Lipinski definition) is 4. The number of carbonyl (C=O) groups excluding carboxylic acids is 1. The maximum atomic E-state index is 11.4. The van der Waals surface area contributed by atoms with Gasteiger partial charge in [0.2, 0.25) is 0 Å². The third-order valence-electron chi connectivity index (χ3n) is 4.01. The Morgan fingerprint density at radius 3 is 2.71 bits per heavy atom. The van der Waals surface area contributed by atoms with Gasteiger partial charge in [0.05, 0.1) is 17.0 Å². The number of aldehydes is 1. The van der Waals surface area contributed by atoms with E-state index in [9.17, 15) is 4.79 Å². The van der Waals surface area contributed by atoms with E-state index in [1.807, 2.05) is 47.8 Å². The molecule has 0 aliphatic rings. The largest absolute Gasteiger partial charge is 0.298 e. The Kier molecular flexibility index (Phi) is 3.39. The molecule has 116 valence electrons. The highest BCUT2D eigenvalue weighted by molar-refractivity contribution is 5.93. The molecule has 0 saturated carbocycles. The SMILES string of the molecule is Cc1nn2c(-c3cccnc3)ccnc2c1-c1ccccc1C=O. The van der Waals surface area contributed by atoms with Crippen molar-refractivity contribution >= 4 is 11.9 Å². The summed E-state index contributed by atoms with van der Waals surface area (Å²) in [5.41, 5.74) is 5.77.